The normalized spacial score (nSPS) is 11.3. The Morgan fingerprint density at radius 2 is 1.94 bits per heavy atom. The second-order valence-corrected chi connectivity index (χ2v) is 7.72. The van der Waals surface area contributed by atoms with Gasteiger partial charge in [0.2, 0.25) is 0 Å². The van der Waals surface area contributed by atoms with Gasteiger partial charge in [0.05, 0.1) is 33.7 Å². The molecule has 0 bridgehead atoms. The van der Waals surface area contributed by atoms with E-state index in [4.69, 9.17) is 16.7 Å². The van der Waals surface area contributed by atoms with Gasteiger partial charge in [0.15, 0.2) is 0 Å². The van der Waals surface area contributed by atoms with E-state index >= 15 is 0 Å². The van der Waals surface area contributed by atoms with E-state index in [2.05, 4.69) is 14.9 Å². The monoisotopic (exact) mass is 431 g/mol. The second-order valence-electron chi connectivity index (χ2n) is 7.29. The van der Waals surface area contributed by atoms with Crippen molar-refractivity contribution in [2.45, 2.75) is 0 Å². The fourth-order valence-corrected chi connectivity index (χ4v) is 4.05. The van der Waals surface area contributed by atoms with E-state index in [0.717, 1.165) is 33.7 Å². The largest absolute Gasteiger partial charge is 0.478 e. The van der Waals surface area contributed by atoms with E-state index in [0.29, 0.717) is 16.1 Å². The Morgan fingerprint density at radius 1 is 1.16 bits per heavy atom. The average molecular weight is 432 g/mol. The molecule has 154 valence electrons. The first-order valence-corrected chi connectivity index (χ1v) is 9.98. The highest BCUT2D eigenvalue weighted by atomic mass is 35.5. The van der Waals surface area contributed by atoms with Gasteiger partial charge in [-0.25, -0.2) is 4.79 Å². The minimum Gasteiger partial charge on any atom is -0.478 e. The lowest BCUT2D eigenvalue weighted by Gasteiger charge is -2.19. The van der Waals surface area contributed by atoms with Crippen molar-refractivity contribution in [2.75, 3.05) is 11.9 Å². The quantitative estimate of drug-likeness (QED) is 0.406. The third-order valence-corrected chi connectivity index (χ3v) is 5.68. The van der Waals surface area contributed by atoms with Crippen molar-refractivity contribution in [3.8, 4) is 11.4 Å². The highest BCUT2D eigenvalue weighted by Gasteiger charge is 2.19. The molecule has 7 nitrogen and oxygen atoms in total. The molecule has 8 heteroatoms. The number of H-pyrrole nitrogens is 1. The molecule has 0 unspecified atom stereocenters. The van der Waals surface area contributed by atoms with Crippen molar-refractivity contribution < 1.29 is 9.90 Å². The highest BCUT2D eigenvalue weighted by Crippen LogP contribution is 2.36. The Labute approximate surface area is 182 Å². The molecule has 3 heterocycles. The summed E-state index contributed by atoms with van der Waals surface area (Å²) in [5.74, 6) is -0.998. The number of nitrogens with zero attached hydrogens (tertiary/aromatic N) is 4. The number of hydrogen-bond acceptors (Lipinski definition) is 4. The number of aromatic amines is 1. The lowest BCUT2D eigenvalue weighted by molar-refractivity contribution is 0.0698. The van der Waals surface area contributed by atoms with Crippen LogP contribution in [0.3, 0.4) is 0 Å². The van der Waals surface area contributed by atoms with Gasteiger partial charge in [-0.3, -0.25) is 9.67 Å². The van der Waals surface area contributed by atoms with Gasteiger partial charge in [0, 0.05) is 36.4 Å². The number of benzene rings is 2. The van der Waals surface area contributed by atoms with Crippen LogP contribution in [0.4, 0.5) is 11.4 Å². The zero-order chi connectivity index (χ0) is 21.7. The summed E-state index contributed by atoms with van der Waals surface area (Å²) in [5, 5.41) is 15.9. The van der Waals surface area contributed by atoms with Crippen molar-refractivity contribution in [1.82, 2.24) is 19.7 Å². The summed E-state index contributed by atoms with van der Waals surface area (Å²) in [6, 6.07) is 17.0. The topological polar surface area (TPSA) is 87.0 Å². The summed E-state index contributed by atoms with van der Waals surface area (Å²) in [7, 11) is 3.86. The number of aryl methyl sites for hydroxylation is 1. The molecule has 5 rings (SSSR count). The molecule has 0 spiro atoms. The number of nitrogens with one attached hydrogen (secondary N) is 1. The fraction of sp³-hybridized carbons (Fsp3) is 0.0870. The maximum atomic E-state index is 11.6. The number of aromatic carboxylic acids is 1. The van der Waals surface area contributed by atoms with Crippen LogP contribution in [-0.2, 0) is 7.05 Å². The number of pyridine rings is 1. The number of hydrogen-bond donors (Lipinski definition) is 2. The maximum Gasteiger partial charge on any atom is 0.337 e. The number of aromatic nitrogens is 4. The Kier molecular flexibility index (Phi) is 4.41. The minimum absolute atomic E-state index is 0.186. The van der Waals surface area contributed by atoms with Gasteiger partial charge in [-0.15, -0.1) is 0 Å². The Morgan fingerprint density at radius 3 is 2.68 bits per heavy atom. The van der Waals surface area contributed by atoms with E-state index in [-0.39, 0.29) is 5.56 Å². The van der Waals surface area contributed by atoms with Gasteiger partial charge in [0.1, 0.15) is 5.52 Å². The number of carboxylic acids is 1. The van der Waals surface area contributed by atoms with Crippen LogP contribution in [0.5, 0.6) is 0 Å². The first-order chi connectivity index (χ1) is 14.9. The molecule has 0 amide bonds. The van der Waals surface area contributed by atoms with E-state index in [9.17, 15) is 9.90 Å². The average Bonchev–Trinajstić information content (AvgIpc) is 3.32. The highest BCUT2D eigenvalue weighted by molar-refractivity contribution is 6.30. The number of rotatable bonds is 4. The zero-order valence-corrected chi connectivity index (χ0v) is 17.6. The maximum absolute atomic E-state index is 11.6. The molecule has 0 radical (unpaired) electrons. The molecule has 0 saturated heterocycles. The van der Waals surface area contributed by atoms with E-state index < -0.39 is 5.97 Å². The lowest BCUT2D eigenvalue weighted by atomic mass is 10.1. The molecule has 3 aromatic heterocycles. The predicted molar refractivity (Wildman–Crippen MR) is 122 cm³/mol. The number of carboxylic acid groups (broad SMARTS) is 1. The molecule has 0 aliphatic rings. The smallest absolute Gasteiger partial charge is 0.337 e. The first-order valence-electron chi connectivity index (χ1n) is 9.60. The number of carbonyl (C=O) groups is 1. The van der Waals surface area contributed by atoms with Crippen molar-refractivity contribution in [2.24, 2.45) is 7.05 Å². The fourth-order valence-electron chi connectivity index (χ4n) is 3.93. The third-order valence-electron chi connectivity index (χ3n) is 5.43. The molecular weight excluding hydrogens is 414 g/mol. The van der Waals surface area contributed by atoms with Crippen LogP contribution in [0.25, 0.3) is 33.3 Å². The third kappa shape index (κ3) is 3.10. The summed E-state index contributed by atoms with van der Waals surface area (Å²) < 4.78 is 1.80. The van der Waals surface area contributed by atoms with Crippen LogP contribution >= 0.6 is 11.6 Å². The van der Waals surface area contributed by atoms with Crippen molar-refractivity contribution >= 4 is 50.9 Å². The van der Waals surface area contributed by atoms with Gasteiger partial charge < -0.3 is 15.0 Å². The summed E-state index contributed by atoms with van der Waals surface area (Å²) >= 11 is 6.03. The summed E-state index contributed by atoms with van der Waals surface area (Å²) in [6.45, 7) is 0. The van der Waals surface area contributed by atoms with E-state index in [1.54, 1.807) is 4.68 Å². The van der Waals surface area contributed by atoms with Gasteiger partial charge in [0.25, 0.3) is 0 Å². The van der Waals surface area contributed by atoms with Crippen LogP contribution in [0.1, 0.15) is 10.4 Å². The number of anilines is 2. The predicted octanol–water partition coefficient (Wildman–Crippen LogP) is 5.24. The van der Waals surface area contributed by atoms with E-state index in [1.165, 1.54) is 12.3 Å². The number of halogens is 1. The molecule has 0 aliphatic carbocycles. The Balaban J connectivity index is 1.68. The van der Waals surface area contributed by atoms with Gasteiger partial charge >= 0.3 is 5.97 Å². The molecule has 2 N–H and O–H groups in total. The van der Waals surface area contributed by atoms with Crippen LogP contribution < -0.4 is 4.90 Å². The van der Waals surface area contributed by atoms with Crippen molar-refractivity contribution in [3.05, 3.63) is 71.4 Å². The minimum atomic E-state index is -0.998. The summed E-state index contributed by atoms with van der Waals surface area (Å²) in [4.78, 5) is 21.2. The number of fused-ring (bicyclic) bond motifs is 2. The molecule has 0 atom stereocenters. The molecule has 0 fully saturated rings. The SMILES string of the molecule is CN(c1ccc(Cl)cc1)c1cccc2c(-c3cc4nccc(C(=O)O)c4[nH]3)n(C)nc12. The summed E-state index contributed by atoms with van der Waals surface area (Å²) in [6.07, 6.45) is 1.50. The van der Waals surface area contributed by atoms with Crippen LogP contribution in [0.2, 0.25) is 5.02 Å². The molecule has 2 aromatic carbocycles. The van der Waals surface area contributed by atoms with Crippen molar-refractivity contribution in [1.29, 1.82) is 0 Å². The summed E-state index contributed by atoms with van der Waals surface area (Å²) in [5.41, 5.74) is 5.66. The van der Waals surface area contributed by atoms with E-state index in [1.807, 2.05) is 62.6 Å². The Bertz CT molecular complexity index is 1450. The Hall–Kier alpha value is -3.84. The van der Waals surface area contributed by atoms with Gasteiger partial charge in [-0.1, -0.05) is 23.7 Å². The van der Waals surface area contributed by atoms with Crippen LogP contribution in [0.15, 0.2) is 60.8 Å². The second kappa shape index (κ2) is 7.14. The van der Waals surface area contributed by atoms with Crippen LogP contribution in [-0.4, -0.2) is 37.9 Å². The van der Waals surface area contributed by atoms with Crippen molar-refractivity contribution in [3.63, 3.8) is 0 Å². The molecule has 0 aliphatic heterocycles. The van der Waals surface area contributed by atoms with Gasteiger partial charge in [-0.2, -0.15) is 5.10 Å². The molecule has 5 aromatic rings. The first kappa shape index (κ1) is 19.1. The molecule has 31 heavy (non-hydrogen) atoms. The van der Waals surface area contributed by atoms with Gasteiger partial charge in [-0.05, 0) is 42.5 Å². The molecular formula is C23H18ClN5O2. The standard InChI is InChI=1S/C23H18ClN5O2/c1-28(14-8-6-13(24)7-9-14)19-5-3-4-15-21(19)27-29(2)22(15)18-12-17-20(26-18)16(23(30)31)10-11-25-17/h3-12,26H,1-2H3,(H,30,31). The zero-order valence-electron chi connectivity index (χ0n) is 16.8. The lowest BCUT2D eigenvalue weighted by Crippen LogP contribution is -2.09. The van der Waals surface area contributed by atoms with Crippen LogP contribution in [0, 0.1) is 0 Å². The molecule has 0 saturated carbocycles.